The van der Waals surface area contributed by atoms with Gasteiger partial charge in [-0.1, -0.05) is 24.3 Å². The van der Waals surface area contributed by atoms with E-state index < -0.39 is 29.9 Å². The number of urea groups is 1. The number of carbonyl (C=O) groups is 3. The Bertz CT molecular complexity index is 1010. The van der Waals surface area contributed by atoms with Gasteiger partial charge in [0.1, 0.15) is 17.8 Å². The van der Waals surface area contributed by atoms with Crippen molar-refractivity contribution < 1.29 is 19.1 Å². The highest BCUT2D eigenvalue weighted by atomic mass is 16.5. The molecule has 1 fully saturated rings. The molecule has 0 aliphatic carbocycles. The number of para-hydroxylation sites is 1. The standard InChI is InChI=1S/C21H20N4O4/c1-21(11-15-7-3-4-9-17(15)29-2)19(27)25(20(28)24-21)13-18(26)23-16-8-5-6-14(10-16)12-22/h3-10H,11,13H2,1-2H3,(H,23,26)(H,24,28)/t21-/m1/s1. The lowest BCUT2D eigenvalue weighted by molar-refractivity contribution is -0.133. The summed E-state index contributed by atoms with van der Waals surface area (Å²) in [7, 11) is 1.54. The summed E-state index contributed by atoms with van der Waals surface area (Å²) in [6.07, 6.45) is 0.226. The second-order valence-corrected chi connectivity index (χ2v) is 6.88. The van der Waals surface area contributed by atoms with Crippen LogP contribution in [0.15, 0.2) is 48.5 Å². The van der Waals surface area contributed by atoms with Crippen molar-refractivity contribution in [2.45, 2.75) is 18.9 Å². The van der Waals surface area contributed by atoms with Gasteiger partial charge < -0.3 is 15.4 Å². The summed E-state index contributed by atoms with van der Waals surface area (Å²) in [5.74, 6) is -0.413. The van der Waals surface area contributed by atoms with Crippen LogP contribution in [0.4, 0.5) is 10.5 Å². The van der Waals surface area contributed by atoms with E-state index in [0.29, 0.717) is 17.0 Å². The van der Waals surface area contributed by atoms with E-state index in [1.165, 1.54) is 13.2 Å². The van der Waals surface area contributed by atoms with Crippen LogP contribution in [0.1, 0.15) is 18.1 Å². The van der Waals surface area contributed by atoms with Gasteiger partial charge in [0.25, 0.3) is 5.91 Å². The lowest BCUT2D eigenvalue weighted by atomic mass is 9.92. The van der Waals surface area contributed by atoms with Gasteiger partial charge in [-0.05, 0) is 36.8 Å². The van der Waals surface area contributed by atoms with Gasteiger partial charge in [0.15, 0.2) is 0 Å². The van der Waals surface area contributed by atoms with Crippen LogP contribution in [0, 0.1) is 11.3 Å². The number of hydrogen-bond donors (Lipinski definition) is 2. The van der Waals surface area contributed by atoms with Crippen molar-refractivity contribution in [1.82, 2.24) is 10.2 Å². The highest BCUT2D eigenvalue weighted by Crippen LogP contribution is 2.27. The SMILES string of the molecule is COc1ccccc1C[C@@]1(C)NC(=O)N(CC(=O)Nc2cccc(C#N)c2)C1=O. The predicted molar refractivity (Wildman–Crippen MR) is 105 cm³/mol. The summed E-state index contributed by atoms with van der Waals surface area (Å²) in [4.78, 5) is 38.5. The average molecular weight is 392 g/mol. The van der Waals surface area contributed by atoms with E-state index in [-0.39, 0.29) is 6.42 Å². The first-order valence-corrected chi connectivity index (χ1v) is 8.92. The van der Waals surface area contributed by atoms with Gasteiger partial charge in [-0.3, -0.25) is 14.5 Å². The molecule has 0 radical (unpaired) electrons. The van der Waals surface area contributed by atoms with E-state index in [4.69, 9.17) is 10.00 Å². The molecule has 4 amide bonds. The quantitative estimate of drug-likeness (QED) is 0.731. The number of nitrogens with one attached hydrogen (secondary N) is 2. The fourth-order valence-corrected chi connectivity index (χ4v) is 3.25. The largest absolute Gasteiger partial charge is 0.496 e. The zero-order chi connectivity index (χ0) is 21.0. The van der Waals surface area contributed by atoms with E-state index in [0.717, 1.165) is 10.5 Å². The van der Waals surface area contributed by atoms with Gasteiger partial charge in [0.2, 0.25) is 5.91 Å². The minimum Gasteiger partial charge on any atom is -0.496 e. The van der Waals surface area contributed by atoms with Crippen LogP contribution >= 0.6 is 0 Å². The van der Waals surface area contributed by atoms with Gasteiger partial charge >= 0.3 is 6.03 Å². The number of imide groups is 1. The molecule has 2 aromatic carbocycles. The molecule has 2 aromatic rings. The zero-order valence-electron chi connectivity index (χ0n) is 16.1. The average Bonchev–Trinajstić information content (AvgIpc) is 2.91. The summed E-state index contributed by atoms with van der Waals surface area (Å²) < 4.78 is 5.31. The number of methoxy groups -OCH3 is 1. The second kappa shape index (κ2) is 8.02. The van der Waals surface area contributed by atoms with Crippen LogP contribution < -0.4 is 15.4 Å². The third kappa shape index (κ3) is 4.19. The number of nitrogens with zero attached hydrogens (tertiary/aromatic N) is 2. The minimum atomic E-state index is -1.19. The van der Waals surface area contributed by atoms with Gasteiger partial charge in [0, 0.05) is 12.1 Å². The van der Waals surface area contributed by atoms with Crippen LogP contribution in [0.3, 0.4) is 0 Å². The number of anilines is 1. The van der Waals surface area contributed by atoms with Crippen molar-refractivity contribution in [2.75, 3.05) is 19.0 Å². The lowest BCUT2D eigenvalue weighted by Gasteiger charge is -2.22. The Labute approximate surface area is 168 Å². The molecule has 8 nitrogen and oxygen atoms in total. The van der Waals surface area contributed by atoms with Crippen molar-refractivity contribution >= 4 is 23.5 Å². The highest BCUT2D eigenvalue weighted by Gasteiger charge is 2.48. The number of rotatable bonds is 6. The molecular formula is C21H20N4O4. The van der Waals surface area contributed by atoms with Crippen molar-refractivity contribution in [2.24, 2.45) is 0 Å². The fourth-order valence-electron chi connectivity index (χ4n) is 3.25. The Balaban J connectivity index is 1.71. The molecule has 1 aliphatic heterocycles. The Kier molecular flexibility index (Phi) is 5.50. The normalized spacial score (nSPS) is 18.2. The molecule has 0 bridgehead atoms. The predicted octanol–water partition coefficient (Wildman–Crippen LogP) is 2.06. The van der Waals surface area contributed by atoms with Crippen molar-refractivity contribution in [3.8, 4) is 11.8 Å². The van der Waals surface area contributed by atoms with Gasteiger partial charge in [-0.15, -0.1) is 0 Å². The fraction of sp³-hybridized carbons (Fsp3) is 0.238. The smallest absolute Gasteiger partial charge is 0.325 e. The third-order valence-corrected chi connectivity index (χ3v) is 4.66. The molecule has 0 unspecified atom stereocenters. The van der Waals surface area contributed by atoms with Crippen LogP contribution in [0.25, 0.3) is 0 Å². The van der Waals surface area contributed by atoms with E-state index in [1.54, 1.807) is 31.2 Å². The summed E-state index contributed by atoms with van der Waals surface area (Å²) in [6.45, 7) is 1.19. The number of ether oxygens (including phenoxy) is 1. The number of amides is 4. The lowest BCUT2D eigenvalue weighted by Crippen LogP contribution is -2.46. The maximum Gasteiger partial charge on any atom is 0.325 e. The molecule has 1 aliphatic rings. The number of benzene rings is 2. The summed E-state index contributed by atoms with van der Waals surface area (Å²) in [5.41, 5.74) is 0.387. The van der Waals surface area contributed by atoms with Crippen molar-refractivity contribution in [1.29, 1.82) is 5.26 Å². The van der Waals surface area contributed by atoms with E-state index >= 15 is 0 Å². The summed E-state index contributed by atoms with van der Waals surface area (Å²) in [5, 5.41) is 14.2. The molecule has 2 N–H and O–H groups in total. The van der Waals surface area contributed by atoms with Crippen LogP contribution in [0.5, 0.6) is 5.75 Å². The second-order valence-electron chi connectivity index (χ2n) is 6.88. The number of carbonyl (C=O) groups excluding carboxylic acids is 3. The molecule has 29 heavy (non-hydrogen) atoms. The summed E-state index contributed by atoms with van der Waals surface area (Å²) in [6, 6.07) is 15.0. The minimum absolute atomic E-state index is 0.226. The third-order valence-electron chi connectivity index (χ3n) is 4.66. The monoisotopic (exact) mass is 392 g/mol. The maximum atomic E-state index is 12.9. The molecule has 3 rings (SSSR count). The molecule has 148 valence electrons. The Morgan fingerprint density at radius 2 is 2.00 bits per heavy atom. The highest BCUT2D eigenvalue weighted by molar-refractivity contribution is 6.10. The van der Waals surface area contributed by atoms with Gasteiger partial charge in [-0.25, -0.2) is 4.79 Å². The molecule has 1 heterocycles. The Morgan fingerprint density at radius 3 is 2.72 bits per heavy atom. The van der Waals surface area contributed by atoms with Crippen LogP contribution in [-0.4, -0.2) is 41.9 Å². The van der Waals surface area contributed by atoms with Crippen molar-refractivity contribution in [3.05, 3.63) is 59.7 Å². The van der Waals surface area contributed by atoms with Gasteiger partial charge in [0.05, 0.1) is 18.7 Å². The molecule has 1 saturated heterocycles. The maximum absolute atomic E-state index is 12.9. The van der Waals surface area contributed by atoms with Gasteiger partial charge in [-0.2, -0.15) is 5.26 Å². The molecule has 8 heteroatoms. The van der Waals surface area contributed by atoms with E-state index in [2.05, 4.69) is 10.6 Å². The first kappa shape index (κ1) is 19.9. The van der Waals surface area contributed by atoms with E-state index in [1.807, 2.05) is 24.3 Å². The molecule has 0 saturated carbocycles. The topological polar surface area (TPSA) is 112 Å². The van der Waals surface area contributed by atoms with Crippen LogP contribution in [-0.2, 0) is 16.0 Å². The Morgan fingerprint density at radius 1 is 1.24 bits per heavy atom. The molecular weight excluding hydrogens is 372 g/mol. The molecule has 1 atom stereocenters. The number of nitriles is 1. The molecule has 0 aromatic heterocycles. The van der Waals surface area contributed by atoms with Crippen LogP contribution in [0.2, 0.25) is 0 Å². The zero-order valence-corrected chi connectivity index (χ0v) is 16.1. The number of hydrogen-bond acceptors (Lipinski definition) is 5. The molecule has 0 spiro atoms. The Hall–Kier alpha value is -3.86. The first-order chi connectivity index (χ1) is 13.9. The van der Waals surface area contributed by atoms with Crippen molar-refractivity contribution in [3.63, 3.8) is 0 Å². The summed E-state index contributed by atoms with van der Waals surface area (Å²) >= 11 is 0. The van der Waals surface area contributed by atoms with E-state index in [9.17, 15) is 14.4 Å². The first-order valence-electron chi connectivity index (χ1n) is 8.92.